The van der Waals surface area contributed by atoms with E-state index in [9.17, 15) is 9.59 Å². The predicted molar refractivity (Wildman–Crippen MR) is 85.6 cm³/mol. The Morgan fingerprint density at radius 1 is 1.36 bits per heavy atom. The highest BCUT2D eigenvalue weighted by Gasteiger charge is 2.20. The van der Waals surface area contributed by atoms with Crippen molar-refractivity contribution in [2.45, 2.75) is 12.8 Å². The summed E-state index contributed by atoms with van der Waals surface area (Å²) in [4.78, 5) is 29.2. The van der Waals surface area contributed by atoms with Crippen LogP contribution in [-0.2, 0) is 4.74 Å². The number of nitrogens with one attached hydrogen (secondary N) is 3. The van der Waals surface area contributed by atoms with E-state index in [4.69, 9.17) is 17.0 Å². The second kappa shape index (κ2) is 6.41. The molecule has 116 valence electrons. The zero-order valence-electron chi connectivity index (χ0n) is 12.0. The van der Waals surface area contributed by atoms with Crippen LogP contribution in [0.1, 0.15) is 23.2 Å². The van der Waals surface area contributed by atoms with Gasteiger partial charge in [-0.15, -0.1) is 0 Å². The van der Waals surface area contributed by atoms with E-state index in [1.54, 1.807) is 18.2 Å². The van der Waals surface area contributed by atoms with Gasteiger partial charge in [-0.05, 0) is 49.2 Å². The van der Waals surface area contributed by atoms with Crippen molar-refractivity contribution in [3.63, 3.8) is 0 Å². The van der Waals surface area contributed by atoms with Gasteiger partial charge in [0.2, 0.25) is 0 Å². The second-order valence-corrected chi connectivity index (χ2v) is 5.85. The van der Waals surface area contributed by atoms with Gasteiger partial charge < -0.3 is 15.0 Å². The first kappa shape index (κ1) is 14.9. The molecule has 7 heteroatoms. The highest BCUT2D eigenvalue weighted by Crippen LogP contribution is 2.28. The van der Waals surface area contributed by atoms with Crippen molar-refractivity contribution in [2.24, 2.45) is 5.92 Å². The van der Waals surface area contributed by atoms with Crippen LogP contribution in [-0.4, -0.2) is 35.6 Å². The molecule has 0 unspecified atom stereocenters. The largest absolute Gasteiger partial charge is 0.379 e. The highest BCUT2D eigenvalue weighted by atomic mass is 32.1. The molecule has 0 atom stereocenters. The smallest absolute Gasteiger partial charge is 0.259 e. The van der Waals surface area contributed by atoms with Crippen molar-refractivity contribution in [3.8, 4) is 0 Å². The number of hydrogen-bond acceptors (Lipinski definition) is 4. The predicted octanol–water partition coefficient (Wildman–Crippen LogP) is 1.74. The molecule has 1 amide bonds. The van der Waals surface area contributed by atoms with Crippen molar-refractivity contribution >= 4 is 29.0 Å². The van der Waals surface area contributed by atoms with Crippen molar-refractivity contribution in [1.29, 1.82) is 0 Å². The van der Waals surface area contributed by atoms with Gasteiger partial charge in [0.15, 0.2) is 4.77 Å². The lowest BCUT2D eigenvalue weighted by Gasteiger charge is -2.07. The lowest BCUT2D eigenvalue weighted by molar-refractivity contribution is 0.0906. The first-order valence-corrected chi connectivity index (χ1v) is 7.66. The summed E-state index contributed by atoms with van der Waals surface area (Å²) in [6.45, 7) is 1.76. The summed E-state index contributed by atoms with van der Waals surface area (Å²) in [5.74, 6) is 0.522. The van der Waals surface area contributed by atoms with E-state index in [0.717, 1.165) is 12.5 Å². The molecular formula is C15H17N3O3S. The maximum Gasteiger partial charge on any atom is 0.259 e. The minimum atomic E-state index is -0.265. The molecular weight excluding hydrogens is 302 g/mol. The van der Waals surface area contributed by atoms with E-state index in [1.165, 1.54) is 12.8 Å². The number of H-pyrrole nitrogens is 2. The Bertz CT molecular complexity index is 808. The number of hydrogen-bond donors (Lipinski definition) is 3. The Kier molecular flexibility index (Phi) is 4.35. The summed E-state index contributed by atoms with van der Waals surface area (Å²) in [6, 6.07) is 4.85. The van der Waals surface area contributed by atoms with Crippen molar-refractivity contribution in [3.05, 3.63) is 38.9 Å². The molecule has 1 heterocycles. The zero-order valence-corrected chi connectivity index (χ0v) is 12.8. The molecule has 1 fully saturated rings. The molecule has 3 rings (SSSR count). The number of aromatic amines is 2. The lowest BCUT2D eigenvalue weighted by atomic mass is 10.1. The third kappa shape index (κ3) is 3.61. The number of aromatic nitrogens is 2. The molecule has 0 radical (unpaired) electrons. The zero-order chi connectivity index (χ0) is 15.5. The van der Waals surface area contributed by atoms with Gasteiger partial charge in [-0.25, -0.2) is 0 Å². The van der Waals surface area contributed by atoms with Crippen LogP contribution in [0.25, 0.3) is 10.9 Å². The van der Waals surface area contributed by atoms with E-state index in [0.29, 0.717) is 29.6 Å². The van der Waals surface area contributed by atoms with Crippen LogP contribution >= 0.6 is 12.2 Å². The normalized spacial score (nSPS) is 14.2. The number of carbonyl (C=O) groups excluding carboxylic acids is 1. The topological polar surface area (TPSA) is 87.0 Å². The molecule has 0 aliphatic heterocycles. The number of benzene rings is 1. The van der Waals surface area contributed by atoms with E-state index in [1.807, 2.05) is 0 Å². The number of carbonyl (C=O) groups is 1. The van der Waals surface area contributed by atoms with Gasteiger partial charge >= 0.3 is 0 Å². The summed E-state index contributed by atoms with van der Waals surface area (Å²) in [7, 11) is 0. The minimum absolute atomic E-state index is 0.198. The molecule has 0 bridgehead atoms. The molecule has 2 aromatic rings. The summed E-state index contributed by atoms with van der Waals surface area (Å²) in [5.41, 5.74) is 0.761. The molecule has 22 heavy (non-hydrogen) atoms. The Balaban J connectivity index is 1.63. The summed E-state index contributed by atoms with van der Waals surface area (Å²) < 4.78 is 5.70. The maximum atomic E-state index is 12.1. The SMILES string of the molecule is O=C(NCCOCC1CC1)c1ccc2c(=O)[nH]c(=S)[nH]c2c1. The van der Waals surface area contributed by atoms with Gasteiger partial charge in [0.1, 0.15) is 0 Å². The number of amides is 1. The van der Waals surface area contributed by atoms with Gasteiger partial charge in [0, 0.05) is 18.7 Å². The molecule has 1 aromatic carbocycles. The summed E-state index contributed by atoms with van der Waals surface area (Å²) in [6.07, 6.45) is 2.51. The quantitative estimate of drug-likeness (QED) is 0.559. The van der Waals surface area contributed by atoms with E-state index in [-0.39, 0.29) is 16.2 Å². The number of fused-ring (bicyclic) bond motifs is 1. The molecule has 6 nitrogen and oxygen atoms in total. The molecule has 3 N–H and O–H groups in total. The minimum Gasteiger partial charge on any atom is -0.379 e. The first-order valence-electron chi connectivity index (χ1n) is 7.26. The number of ether oxygens (including phenoxy) is 1. The fraction of sp³-hybridized carbons (Fsp3) is 0.400. The Labute approximate surface area is 131 Å². The van der Waals surface area contributed by atoms with Crippen molar-refractivity contribution < 1.29 is 9.53 Å². The van der Waals surface area contributed by atoms with Crippen LogP contribution < -0.4 is 10.9 Å². The van der Waals surface area contributed by atoms with Gasteiger partial charge in [-0.3, -0.25) is 14.6 Å². The summed E-state index contributed by atoms with van der Waals surface area (Å²) >= 11 is 4.93. The molecule has 0 saturated heterocycles. The van der Waals surface area contributed by atoms with E-state index >= 15 is 0 Å². The standard InChI is InChI=1S/C15H17N3O3S/c19-13(16-5-6-21-8-9-1-2-9)10-3-4-11-12(7-10)17-15(22)18-14(11)20/h3-4,7,9H,1-2,5-6,8H2,(H,16,19)(H2,17,18,20,22). The average molecular weight is 319 g/mol. The molecule has 1 aliphatic carbocycles. The third-order valence-corrected chi connectivity index (χ3v) is 3.79. The monoisotopic (exact) mass is 319 g/mol. The second-order valence-electron chi connectivity index (χ2n) is 5.44. The van der Waals surface area contributed by atoms with Gasteiger partial charge in [-0.1, -0.05) is 0 Å². The number of rotatable bonds is 6. The Hall–Kier alpha value is -1.99. The lowest BCUT2D eigenvalue weighted by Crippen LogP contribution is -2.27. The Morgan fingerprint density at radius 2 is 2.18 bits per heavy atom. The van der Waals surface area contributed by atoms with Crippen molar-refractivity contribution in [1.82, 2.24) is 15.3 Å². The van der Waals surface area contributed by atoms with Crippen LogP contribution in [0.3, 0.4) is 0 Å². The van der Waals surface area contributed by atoms with E-state index in [2.05, 4.69) is 15.3 Å². The van der Waals surface area contributed by atoms with Gasteiger partial charge in [0.05, 0.1) is 17.5 Å². The molecule has 1 aliphatic rings. The highest BCUT2D eigenvalue weighted by molar-refractivity contribution is 7.71. The van der Waals surface area contributed by atoms with Crippen LogP contribution in [0.15, 0.2) is 23.0 Å². The first-order chi connectivity index (χ1) is 10.6. The van der Waals surface area contributed by atoms with Crippen molar-refractivity contribution in [2.75, 3.05) is 19.8 Å². The molecule has 1 aromatic heterocycles. The fourth-order valence-electron chi connectivity index (χ4n) is 2.18. The van der Waals surface area contributed by atoms with Gasteiger partial charge in [-0.2, -0.15) is 0 Å². The van der Waals surface area contributed by atoms with Crippen LogP contribution in [0.5, 0.6) is 0 Å². The molecule has 0 spiro atoms. The Morgan fingerprint density at radius 3 is 2.95 bits per heavy atom. The van der Waals surface area contributed by atoms with Crippen LogP contribution in [0, 0.1) is 10.7 Å². The van der Waals surface area contributed by atoms with Gasteiger partial charge in [0.25, 0.3) is 11.5 Å². The molecule has 1 saturated carbocycles. The van der Waals surface area contributed by atoms with E-state index < -0.39 is 0 Å². The maximum absolute atomic E-state index is 12.1. The van der Waals surface area contributed by atoms with Crippen LogP contribution in [0.4, 0.5) is 0 Å². The average Bonchev–Trinajstić information content (AvgIpc) is 3.30. The summed E-state index contributed by atoms with van der Waals surface area (Å²) in [5, 5.41) is 3.27. The van der Waals surface area contributed by atoms with Crippen LogP contribution in [0.2, 0.25) is 0 Å². The fourth-order valence-corrected chi connectivity index (χ4v) is 2.39. The third-order valence-electron chi connectivity index (χ3n) is 3.58.